The summed E-state index contributed by atoms with van der Waals surface area (Å²) in [6.45, 7) is 7.83. The van der Waals surface area contributed by atoms with E-state index < -0.39 is 46.1 Å². The number of benzene rings is 2. The van der Waals surface area contributed by atoms with Gasteiger partial charge in [-0.25, -0.2) is 13.2 Å². The van der Waals surface area contributed by atoms with Crippen LogP contribution in [0.3, 0.4) is 0 Å². The SMILES string of the molecule is CCCN=C(NC#N)NCCCCCC(C)(C)CN(C[C@@H](O)[C@H](Cc1ccccc1)NC(=O)O[C@H]1CO[C@H]2OCC[C@H]21)S(=O)(=O)c1ccc2c(c1)OCO2. The van der Waals surface area contributed by atoms with Crippen LogP contribution in [0.5, 0.6) is 11.5 Å². The number of nitrogens with zero attached hydrogens (tertiary/aromatic N) is 3. The van der Waals surface area contributed by atoms with Crippen LogP contribution in [-0.2, 0) is 30.7 Å². The van der Waals surface area contributed by atoms with Gasteiger partial charge < -0.3 is 39.4 Å². The number of guanidine groups is 1. The number of amides is 1. The highest BCUT2D eigenvalue weighted by atomic mass is 32.2. The van der Waals surface area contributed by atoms with E-state index in [1.807, 2.05) is 57.3 Å². The number of carbonyl (C=O) groups excluding carboxylic acids is 1. The van der Waals surface area contributed by atoms with Crippen molar-refractivity contribution < 1.29 is 42.0 Å². The fourth-order valence-electron chi connectivity index (χ4n) is 6.88. The Bertz CT molecular complexity index is 1700. The lowest BCUT2D eigenvalue weighted by molar-refractivity contribution is -0.0907. The Hall–Kier alpha value is -4.14. The fraction of sp³-hybridized carbons (Fsp3) is 0.605. The molecule has 0 unspecified atom stereocenters. The van der Waals surface area contributed by atoms with Crippen molar-refractivity contribution in [3.05, 3.63) is 54.1 Å². The van der Waals surface area contributed by atoms with Gasteiger partial charge in [0.1, 0.15) is 6.10 Å². The second kappa shape index (κ2) is 19.4. The molecule has 15 nitrogen and oxygen atoms in total. The third-order valence-electron chi connectivity index (χ3n) is 9.78. The molecule has 54 heavy (non-hydrogen) atoms. The zero-order valence-corrected chi connectivity index (χ0v) is 32.2. The van der Waals surface area contributed by atoms with Gasteiger partial charge in [0.2, 0.25) is 22.8 Å². The van der Waals surface area contributed by atoms with Gasteiger partial charge in [-0.3, -0.25) is 10.3 Å². The third kappa shape index (κ3) is 11.4. The van der Waals surface area contributed by atoms with E-state index in [1.54, 1.807) is 6.07 Å². The lowest BCUT2D eigenvalue weighted by Crippen LogP contribution is -2.52. The first-order chi connectivity index (χ1) is 26.0. The van der Waals surface area contributed by atoms with Crippen molar-refractivity contribution in [2.24, 2.45) is 16.3 Å². The standard InChI is InChI=1S/C38H54N6O9S/c1-4-17-40-36(42-25-39)41-18-10-6-9-16-38(2,3)24-44(54(47,48)28-13-14-32-33(21-28)52-26-51-32)22-31(45)30(20-27-11-7-5-8-12-27)43-37(46)53-34-23-50-35-29(34)15-19-49-35/h5,7-8,11-14,21,29-31,34-35,45H,4,6,9-10,15-20,22-24,26H2,1-3H3,(H,43,46)(H2,40,41,42)/t29-,30-,31+,34-,35+/m0/s1. The minimum absolute atomic E-state index is 0.00412. The molecule has 0 spiro atoms. The average molecular weight is 771 g/mol. The van der Waals surface area contributed by atoms with Gasteiger partial charge >= 0.3 is 6.09 Å². The number of aliphatic hydroxyl groups excluding tert-OH is 1. The Labute approximate surface area is 318 Å². The molecular weight excluding hydrogens is 717 g/mol. The van der Waals surface area contributed by atoms with Crippen LogP contribution in [0.25, 0.3) is 0 Å². The van der Waals surface area contributed by atoms with Crippen LogP contribution < -0.4 is 25.4 Å². The number of aliphatic hydroxyl groups is 1. The summed E-state index contributed by atoms with van der Waals surface area (Å²) in [6, 6.07) is 13.0. The molecule has 0 bridgehead atoms. The summed E-state index contributed by atoms with van der Waals surface area (Å²) in [6.07, 6.45) is 4.04. The van der Waals surface area contributed by atoms with E-state index in [9.17, 15) is 18.3 Å². The molecule has 3 aliphatic heterocycles. The van der Waals surface area contributed by atoms with E-state index in [-0.39, 0.29) is 43.7 Å². The molecular formula is C38H54N6O9S. The monoisotopic (exact) mass is 770 g/mol. The van der Waals surface area contributed by atoms with Gasteiger partial charge in [0, 0.05) is 32.2 Å². The van der Waals surface area contributed by atoms with Crippen LogP contribution >= 0.6 is 0 Å². The average Bonchev–Trinajstić information content (AvgIpc) is 3.90. The molecule has 2 saturated heterocycles. The van der Waals surface area contributed by atoms with Crippen molar-refractivity contribution in [2.45, 2.75) is 95.2 Å². The normalized spacial score (nSPS) is 20.6. The number of nitrogens with one attached hydrogen (secondary N) is 3. The lowest BCUT2D eigenvalue weighted by atomic mass is 9.86. The second-order valence-corrected chi connectivity index (χ2v) is 16.6. The molecule has 16 heteroatoms. The maximum atomic E-state index is 14.4. The molecule has 5 rings (SSSR count). The number of alkyl carbamates (subject to hydrolysis) is 1. The Morgan fingerprint density at radius 3 is 2.70 bits per heavy atom. The first-order valence-electron chi connectivity index (χ1n) is 18.7. The Kier molecular flexibility index (Phi) is 14.8. The first-order valence-corrected chi connectivity index (χ1v) is 20.2. The quantitative estimate of drug-likeness (QED) is 0.0531. The maximum Gasteiger partial charge on any atom is 0.407 e. The van der Waals surface area contributed by atoms with Crippen LogP contribution in [0.1, 0.15) is 64.9 Å². The molecule has 0 saturated carbocycles. The number of aliphatic imine (C=N–C) groups is 1. The number of hydrogen-bond donors (Lipinski definition) is 4. The molecule has 3 heterocycles. The summed E-state index contributed by atoms with van der Waals surface area (Å²) < 4.78 is 58.0. The zero-order chi connectivity index (χ0) is 38.6. The molecule has 3 aliphatic rings. The maximum absolute atomic E-state index is 14.4. The van der Waals surface area contributed by atoms with Gasteiger partial charge in [-0.1, -0.05) is 63.9 Å². The number of unbranched alkanes of at least 4 members (excludes halogenated alkanes) is 2. The summed E-state index contributed by atoms with van der Waals surface area (Å²) in [5, 5.41) is 29.4. The first kappa shape index (κ1) is 41.0. The number of sulfonamides is 1. The molecule has 2 aromatic carbocycles. The summed E-state index contributed by atoms with van der Waals surface area (Å²) in [5.74, 6) is 1.18. The number of rotatable bonds is 19. The summed E-state index contributed by atoms with van der Waals surface area (Å²) in [5.41, 5.74) is 0.360. The van der Waals surface area contributed by atoms with E-state index in [2.05, 4.69) is 20.9 Å². The fourth-order valence-corrected chi connectivity index (χ4v) is 8.54. The highest BCUT2D eigenvalue weighted by Gasteiger charge is 2.44. The largest absolute Gasteiger partial charge is 0.454 e. The van der Waals surface area contributed by atoms with Crippen molar-refractivity contribution >= 4 is 22.1 Å². The van der Waals surface area contributed by atoms with Crippen LogP contribution in [-0.4, -0.2) is 101 Å². The van der Waals surface area contributed by atoms with E-state index in [4.69, 9.17) is 28.9 Å². The molecule has 296 valence electrons. The Morgan fingerprint density at radius 1 is 1.13 bits per heavy atom. The van der Waals surface area contributed by atoms with Crippen molar-refractivity contribution in [1.82, 2.24) is 20.3 Å². The van der Waals surface area contributed by atoms with Gasteiger partial charge in [0.05, 0.1) is 36.2 Å². The molecule has 0 aliphatic carbocycles. The Balaban J connectivity index is 1.29. The van der Waals surface area contributed by atoms with Crippen LogP contribution in [0, 0.1) is 22.8 Å². The highest BCUT2D eigenvalue weighted by molar-refractivity contribution is 7.89. The van der Waals surface area contributed by atoms with Crippen LogP contribution in [0.2, 0.25) is 0 Å². The third-order valence-corrected chi connectivity index (χ3v) is 11.6. The van der Waals surface area contributed by atoms with Gasteiger partial charge in [0.25, 0.3) is 0 Å². The molecule has 5 atom stereocenters. The second-order valence-electron chi connectivity index (χ2n) is 14.7. The van der Waals surface area contributed by atoms with Gasteiger partial charge in [-0.15, -0.1) is 0 Å². The Morgan fingerprint density at radius 2 is 1.93 bits per heavy atom. The smallest absolute Gasteiger partial charge is 0.407 e. The predicted molar refractivity (Wildman–Crippen MR) is 200 cm³/mol. The topological polar surface area (TPSA) is 193 Å². The van der Waals surface area contributed by atoms with E-state index in [1.165, 1.54) is 16.4 Å². The molecule has 4 N–H and O–H groups in total. The molecule has 0 radical (unpaired) electrons. The highest BCUT2D eigenvalue weighted by Crippen LogP contribution is 2.36. The molecule has 0 aromatic heterocycles. The van der Waals surface area contributed by atoms with E-state index in [0.29, 0.717) is 50.0 Å². The number of ether oxygens (including phenoxy) is 5. The number of fused-ring (bicyclic) bond motifs is 2. The number of nitriles is 1. The van der Waals surface area contributed by atoms with Gasteiger partial charge in [0.15, 0.2) is 24.0 Å². The van der Waals surface area contributed by atoms with Gasteiger partial charge in [-0.05, 0) is 55.2 Å². The summed E-state index contributed by atoms with van der Waals surface area (Å²) in [4.78, 5) is 17.7. The van der Waals surface area contributed by atoms with Crippen LogP contribution in [0.15, 0.2) is 58.4 Å². The number of carbonyl (C=O) groups is 1. The van der Waals surface area contributed by atoms with Crippen molar-refractivity contribution in [1.29, 1.82) is 5.26 Å². The minimum Gasteiger partial charge on any atom is -0.454 e. The van der Waals surface area contributed by atoms with Crippen molar-refractivity contribution in [3.63, 3.8) is 0 Å². The predicted octanol–water partition coefficient (Wildman–Crippen LogP) is 3.88. The van der Waals surface area contributed by atoms with Crippen molar-refractivity contribution in [2.75, 3.05) is 46.2 Å². The van der Waals surface area contributed by atoms with E-state index >= 15 is 0 Å². The molecule has 1 amide bonds. The molecule has 2 fully saturated rings. The van der Waals surface area contributed by atoms with Gasteiger partial charge in [-0.2, -0.15) is 9.57 Å². The number of hydrogen-bond acceptors (Lipinski definition) is 11. The minimum atomic E-state index is -4.17. The zero-order valence-electron chi connectivity index (χ0n) is 31.4. The van der Waals surface area contributed by atoms with Crippen molar-refractivity contribution in [3.8, 4) is 17.7 Å². The molecule has 2 aromatic rings. The lowest BCUT2D eigenvalue weighted by Gasteiger charge is -2.35. The van der Waals surface area contributed by atoms with Crippen LogP contribution in [0.4, 0.5) is 4.79 Å². The summed E-state index contributed by atoms with van der Waals surface area (Å²) >= 11 is 0. The summed E-state index contributed by atoms with van der Waals surface area (Å²) in [7, 11) is -4.17. The van der Waals surface area contributed by atoms with E-state index in [0.717, 1.165) is 31.2 Å².